The SMILES string of the molecule is O=C(NCc1ncn[nH]1)Nc1ccc(C(=O)O)cc1Br. The van der Waals surface area contributed by atoms with Crippen LogP contribution < -0.4 is 10.6 Å². The van der Waals surface area contributed by atoms with Crippen LogP contribution in [0.1, 0.15) is 16.2 Å². The van der Waals surface area contributed by atoms with Gasteiger partial charge in [-0.15, -0.1) is 0 Å². The van der Waals surface area contributed by atoms with E-state index in [-0.39, 0.29) is 12.1 Å². The van der Waals surface area contributed by atoms with E-state index in [1.165, 1.54) is 24.5 Å². The van der Waals surface area contributed by atoms with Gasteiger partial charge in [-0.2, -0.15) is 5.10 Å². The summed E-state index contributed by atoms with van der Waals surface area (Å²) in [4.78, 5) is 26.3. The number of hydrogen-bond acceptors (Lipinski definition) is 4. The lowest BCUT2D eigenvalue weighted by molar-refractivity contribution is 0.0697. The van der Waals surface area contributed by atoms with E-state index in [0.29, 0.717) is 16.0 Å². The zero-order valence-electron chi connectivity index (χ0n) is 10.1. The van der Waals surface area contributed by atoms with Crippen molar-refractivity contribution in [2.24, 2.45) is 0 Å². The van der Waals surface area contributed by atoms with Gasteiger partial charge in [0.05, 0.1) is 17.8 Å². The van der Waals surface area contributed by atoms with Crippen LogP contribution >= 0.6 is 15.9 Å². The van der Waals surface area contributed by atoms with E-state index in [1.54, 1.807) is 0 Å². The molecule has 0 bridgehead atoms. The number of carbonyl (C=O) groups is 2. The van der Waals surface area contributed by atoms with E-state index in [0.717, 1.165) is 0 Å². The first-order chi connectivity index (χ1) is 9.56. The summed E-state index contributed by atoms with van der Waals surface area (Å²) in [7, 11) is 0. The highest BCUT2D eigenvalue weighted by Gasteiger charge is 2.09. The Hall–Kier alpha value is -2.42. The number of benzene rings is 1. The summed E-state index contributed by atoms with van der Waals surface area (Å²) in [5.41, 5.74) is 0.592. The fourth-order valence-corrected chi connectivity index (χ4v) is 1.87. The van der Waals surface area contributed by atoms with E-state index in [2.05, 4.69) is 41.7 Å². The highest BCUT2D eigenvalue weighted by Crippen LogP contribution is 2.23. The lowest BCUT2D eigenvalue weighted by Crippen LogP contribution is -2.28. The second-order valence-electron chi connectivity index (χ2n) is 3.74. The zero-order chi connectivity index (χ0) is 14.5. The minimum atomic E-state index is -1.04. The molecule has 0 saturated carbocycles. The third kappa shape index (κ3) is 3.54. The number of aromatic amines is 1. The van der Waals surface area contributed by atoms with Crippen LogP contribution in [0.15, 0.2) is 29.0 Å². The maximum atomic E-state index is 11.7. The Morgan fingerprint density at radius 1 is 1.40 bits per heavy atom. The Bertz CT molecular complexity index is 629. The first-order valence-corrected chi connectivity index (χ1v) is 6.27. The molecule has 1 aromatic heterocycles. The molecule has 4 N–H and O–H groups in total. The Morgan fingerprint density at radius 2 is 2.20 bits per heavy atom. The van der Waals surface area contributed by atoms with Crippen molar-refractivity contribution in [1.29, 1.82) is 0 Å². The van der Waals surface area contributed by atoms with Gasteiger partial charge in [-0.25, -0.2) is 14.6 Å². The van der Waals surface area contributed by atoms with Crippen LogP contribution in [0.2, 0.25) is 0 Å². The van der Waals surface area contributed by atoms with Crippen LogP contribution in [-0.4, -0.2) is 32.3 Å². The standard InChI is InChI=1S/C11H10BrN5O3/c12-7-3-6(10(18)19)1-2-8(7)16-11(20)13-4-9-14-5-15-17-9/h1-3,5H,4H2,(H,18,19)(H2,13,16,20)(H,14,15,17). The van der Waals surface area contributed by atoms with Crippen molar-refractivity contribution in [1.82, 2.24) is 20.5 Å². The molecule has 0 aliphatic carbocycles. The molecule has 0 fully saturated rings. The number of hydrogen-bond donors (Lipinski definition) is 4. The van der Waals surface area contributed by atoms with E-state index in [4.69, 9.17) is 5.11 Å². The molecule has 104 valence electrons. The van der Waals surface area contributed by atoms with Crippen molar-refractivity contribution in [3.05, 3.63) is 40.4 Å². The van der Waals surface area contributed by atoms with Gasteiger partial charge in [-0.05, 0) is 34.1 Å². The Labute approximate surface area is 121 Å². The molecular formula is C11H10BrN5O3. The molecule has 20 heavy (non-hydrogen) atoms. The number of anilines is 1. The molecule has 2 aromatic rings. The van der Waals surface area contributed by atoms with Crippen molar-refractivity contribution in [3.63, 3.8) is 0 Å². The smallest absolute Gasteiger partial charge is 0.335 e. The van der Waals surface area contributed by atoms with Gasteiger partial charge in [-0.1, -0.05) is 0 Å². The molecule has 8 nitrogen and oxygen atoms in total. The quantitative estimate of drug-likeness (QED) is 0.674. The van der Waals surface area contributed by atoms with Crippen LogP contribution in [0.25, 0.3) is 0 Å². The predicted molar refractivity (Wildman–Crippen MR) is 73.3 cm³/mol. The molecule has 2 rings (SSSR count). The monoisotopic (exact) mass is 339 g/mol. The lowest BCUT2D eigenvalue weighted by Gasteiger charge is -2.08. The predicted octanol–water partition coefficient (Wildman–Crippen LogP) is 1.59. The summed E-state index contributed by atoms with van der Waals surface area (Å²) in [6, 6.07) is 3.87. The van der Waals surface area contributed by atoms with Gasteiger partial charge in [0.25, 0.3) is 0 Å². The van der Waals surface area contributed by atoms with E-state index in [1.807, 2.05) is 0 Å². The largest absolute Gasteiger partial charge is 0.478 e. The number of H-pyrrole nitrogens is 1. The number of carbonyl (C=O) groups excluding carboxylic acids is 1. The average Bonchev–Trinajstić information content (AvgIpc) is 2.91. The molecule has 1 aromatic carbocycles. The molecule has 0 unspecified atom stereocenters. The number of rotatable bonds is 4. The normalized spacial score (nSPS) is 10.1. The summed E-state index contributed by atoms with van der Waals surface area (Å²) in [5, 5.41) is 20.3. The summed E-state index contributed by atoms with van der Waals surface area (Å²) >= 11 is 3.20. The van der Waals surface area contributed by atoms with Crippen LogP contribution in [0.3, 0.4) is 0 Å². The average molecular weight is 340 g/mol. The van der Waals surface area contributed by atoms with Crippen LogP contribution in [0.4, 0.5) is 10.5 Å². The molecule has 0 radical (unpaired) electrons. The minimum Gasteiger partial charge on any atom is -0.478 e. The first-order valence-electron chi connectivity index (χ1n) is 5.48. The second kappa shape index (κ2) is 6.15. The van der Waals surface area contributed by atoms with Crippen LogP contribution in [-0.2, 0) is 6.54 Å². The number of carboxylic acid groups (broad SMARTS) is 1. The van der Waals surface area contributed by atoms with Gasteiger partial charge >= 0.3 is 12.0 Å². The Morgan fingerprint density at radius 3 is 2.80 bits per heavy atom. The van der Waals surface area contributed by atoms with Crippen molar-refractivity contribution in [2.75, 3.05) is 5.32 Å². The molecule has 9 heteroatoms. The van der Waals surface area contributed by atoms with Crippen molar-refractivity contribution in [2.45, 2.75) is 6.54 Å². The number of halogens is 1. The first kappa shape index (κ1) is 14.0. The summed E-state index contributed by atoms with van der Waals surface area (Å²) in [6.45, 7) is 0.205. The topological polar surface area (TPSA) is 120 Å². The third-order valence-electron chi connectivity index (χ3n) is 2.35. The van der Waals surface area contributed by atoms with E-state index >= 15 is 0 Å². The summed E-state index contributed by atoms with van der Waals surface area (Å²) < 4.78 is 0.479. The summed E-state index contributed by atoms with van der Waals surface area (Å²) in [5.74, 6) is -0.507. The molecular weight excluding hydrogens is 330 g/mol. The molecule has 0 spiro atoms. The van der Waals surface area contributed by atoms with Crippen LogP contribution in [0, 0.1) is 0 Å². The highest BCUT2D eigenvalue weighted by atomic mass is 79.9. The number of nitrogens with zero attached hydrogens (tertiary/aromatic N) is 2. The fourth-order valence-electron chi connectivity index (χ4n) is 1.40. The number of nitrogens with one attached hydrogen (secondary N) is 3. The maximum absolute atomic E-state index is 11.7. The van der Waals surface area contributed by atoms with E-state index < -0.39 is 12.0 Å². The number of aromatic carboxylic acids is 1. The molecule has 0 atom stereocenters. The molecule has 0 aliphatic heterocycles. The number of amides is 2. The molecule has 0 saturated heterocycles. The maximum Gasteiger partial charge on any atom is 0.335 e. The van der Waals surface area contributed by atoms with Gasteiger partial charge in [0.1, 0.15) is 12.2 Å². The summed E-state index contributed by atoms with van der Waals surface area (Å²) in [6.07, 6.45) is 1.34. The number of aromatic nitrogens is 3. The van der Waals surface area contributed by atoms with Gasteiger partial charge in [0.15, 0.2) is 0 Å². The second-order valence-corrected chi connectivity index (χ2v) is 4.59. The molecule has 1 heterocycles. The fraction of sp³-hybridized carbons (Fsp3) is 0.0909. The van der Waals surface area contributed by atoms with Gasteiger partial charge in [0, 0.05) is 4.47 Å². The van der Waals surface area contributed by atoms with Crippen molar-refractivity contribution < 1.29 is 14.7 Å². The van der Waals surface area contributed by atoms with Gasteiger partial charge < -0.3 is 15.7 Å². The Kier molecular flexibility index (Phi) is 4.31. The van der Waals surface area contributed by atoms with Crippen molar-refractivity contribution >= 4 is 33.6 Å². The highest BCUT2D eigenvalue weighted by molar-refractivity contribution is 9.10. The van der Waals surface area contributed by atoms with E-state index in [9.17, 15) is 9.59 Å². The minimum absolute atomic E-state index is 0.129. The Balaban J connectivity index is 1.95. The molecule has 2 amide bonds. The number of urea groups is 1. The third-order valence-corrected chi connectivity index (χ3v) is 3.00. The lowest BCUT2D eigenvalue weighted by atomic mass is 10.2. The van der Waals surface area contributed by atoms with Crippen LogP contribution in [0.5, 0.6) is 0 Å². The molecule has 0 aliphatic rings. The number of carboxylic acids is 1. The van der Waals surface area contributed by atoms with Crippen molar-refractivity contribution in [3.8, 4) is 0 Å². The zero-order valence-corrected chi connectivity index (χ0v) is 11.6. The van der Waals surface area contributed by atoms with Gasteiger partial charge in [-0.3, -0.25) is 5.10 Å². The van der Waals surface area contributed by atoms with Gasteiger partial charge in [0.2, 0.25) is 0 Å².